The standard InChI is InChI=1S/C22H34N2O2/c1-15(2)14-26-20-8-6-16(7-9-20)10-11-24-22(25)19-12-17-4-3-5-18(13-19)21(17)23/h6-9,15,17-19,21H,3-5,10-14,23H2,1-2H3,(H,24,25). The lowest BCUT2D eigenvalue weighted by Gasteiger charge is -2.43. The predicted octanol–water partition coefficient (Wildman–Crippen LogP) is 3.53. The Balaban J connectivity index is 1.41. The van der Waals surface area contributed by atoms with Gasteiger partial charge in [-0.05, 0) is 67.6 Å². The smallest absolute Gasteiger partial charge is 0.223 e. The van der Waals surface area contributed by atoms with Crippen molar-refractivity contribution in [2.45, 2.75) is 58.4 Å². The fourth-order valence-electron chi connectivity index (χ4n) is 4.49. The predicted molar refractivity (Wildman–Crippen MR) is 105 cm³/mol. The number of carbonyl (C=O) groups excluding carboxylic acids is 1. The summed E-state index contributed by atoms with van der Waals surface area (Å²) in [6.45, 7) is 5.72. The van der Waals surface area contributed by atoms with Gasteiger partial charge in [-0.2, -0.15) is 0 Å². The maximum atomic E-state index is 12.6. The molecule has 1 aromatic carbocycles. The van der Waals surface area contributed by atoms with E-state index >= 15 is 0 Å². The summed E-state index contributed by atoms with van der Waals surface area (Å²) < 4.78 is 5.71. The maximum Gasteiger partial charge on any atom is 0.223 e. The zero-order valence-corrected chi connectivity index (χ0v) is 16.2. The summed E-state index contributed by atoms with van der Waals surface area (Å²) in [7, 11) is 0. The largest absolute Gasteiger partial charge is 0.493 e. The van der Waals surface area contributed by atoms with Gasteiger partial charge in [0.2, 0.25) is 5.91 Å². The van der Waals surface area contributed by atoms with Crippen LogP contribution >= 0.6 is 0 Å². The first-order valence-electron chi connectivity index (χ1n) is 10.3. The molecule has 144 valence electrons. The monoisotopic (exact) mass is 358 g/mol. The van der Waals surface area contributed by atoms with E-state index in [1.165, 1.54) is 24.8 Å². The van der Waals surface area contributed by atoms with Gasteiger partial charge in [0.25, 0.3) is 0 Å². The molecule has 2 unspecified atom stereocenters. The Labute approximate surface area is 157 Å². The Morgan fingerprint density at radius 1 is 1.19 bits per heavy atom. The minimum atomic E-state index is 0.164. The van der Waals surface area contributed by atoms with Gasteiger partial charge in [-0.15, -0.1) is 0 Å². The highest BCUT2D eigenvalue weighted by molar-refractivity contribution is 5.78. The van der Waals surface area contributed by atoms with Crippen molar-refractivity contribution < 1.29 is 9.53 Å². The van der Waals surface area contributed by atoms with E-state index in [2.05, 4.69) is 31.3 Å². The van der Waals surface area contributed by atoms with Crippen LogP contribution in [0.25, 0.3) is 0 Å². The molecule has 2 saturated carbocycles. The van der Waals surface area contributed by atoms with Crippen molar-refractivity contribution in [1.82, 2.24) is 5.32 Å². The third kappa shape index (κ3) is 5.00. The third-order valence-corrected chi connectivity index (χ3v) is 6.00. The number of nitrogens with one attached hydrogen (secondary N) is 1. The molecule has 0 aromatic heterocycles. The van der Waals surface area contributed by atoms with Gasteiger partial charge in [0.05, 0.1) is 6.61 Å². The van der Waals surface area contributed by atoms with Gasteiger partial charge in [0.1, 0.15) is 5.75 Å². The Hall–Kier alpha value is -1.55. The molecule has 1 aromatic rings. The molecule has 0 aliphatic heterocycles. The fourth-order valence-corrected chi connectivity index (χ4v) is 4.49. The van der Waals surface area contributed by atoms with Gasteiger partial charge < -0.3 is 15.8 Å². The molecule has 0 radical (unpaired) electrons. The average Bonchev–Trinajstić information content (AvgIpc) is 2.60. The lowest BCUT2D eigenvalue weighted by molar-refractivity contribution is -0.127. The number of hydrogen-bond donors (Lipinski definition) is 2. The van der Waals surface area contributed by atoms with Crippen molar-refractivity contribution in [3.05, 3.63) is 29.8 Å². The minimum Gasteiger partial charge on any atom is -0.493 e. The third-order valence-electron chi connectivity index (χ3n) is 6.00. The van der Waals surface area contributed by atoms with E-state index in [0.29, 0.717) is 30.3 Å². The Bertz CT molecular complexity index is 570. The number of amides is 1. The van der Waals surface area contributed by atoms with E-state index in [1.807, 2.05) is 12.1 Å². The van der Waals surface area contributed by atoms with Crippen LogP contribution < -0.4 is 15.8 Å². The Kier molecular flexibility index (Phi) is 6.58. The van der Waals surface area contributed by atoms with Crippen molar-refractivity contribution in [2.24, 2.45) is 29.4 Å². The average molecular weight is 359 g/mol. The molecule has 4 heteroatoms. The molecule has 26 heavy (non-hydrogen) atoms. The lowest BCUT2D eigenvalue weighted by Crippen LogP contribution is -2.49. The van der Waals surface area contributed by atoms with E-state index in [0.717, 1.165) is 31.6 Å². The quantitative estimate of drug-likeness (QED) is 0.784. The Morgan fingerprint density at radius 3 is 2.46 bits per heavy atom. The van der Waals surface area contributed by atoms with Crippen LogP contribution in [-0.4, -0.2) is 25.1 Å². The Morgan fingerprint density at radius 2 is 1.85 bits per heavy atom. The van der Waals surface area contributed by atoms with Crippen LogP contribution in [0.5, 0.6) is 5.75 Å². The minimum absolute atomic E-state index is 0.164. The van der Waals surface area contributed by atoms with Crippen LogP contribution in [-0.2, 0) is 11.2 Å². The zero-order valence-electron chi connectivity index (χ0n) is 16.2. The summed E-state index contributed by atoms with van der Waals surface area (Å²) in [5.41, 5.74) is 7.56. The van der Waals surface area contributed by atoms with Crippen LogP contribution in [0, 0.1) is 23.7 Å². The summed E-state index contributed by atoms with van der Waals surface area (Å²) in [4.78, 5) is 12.6. The maximum absolute atomic E-state index is 12.6. The highest BCUT2D eigenvalue weighted by Crippen LogP contribution is 2.41. The molecule has 2 aliphatic rings. The van der Waals surface area contributed by atoms with Crippen molar-refractivity contribution in [3.63, 3.8) is 0 Å². The molecule has 2 aliphatic carbocycles. The highest BCUT2D eigenvalue weighted by atomic mass is 16.5. The van der Waals surface area contributed by atoms with Crippen molar-refractivity contribution >= 4 is 5.91 Å². The van der Waals surface area contributed by atoms with Gasteiger partial charge in [0, 0.05) is 18.5 Å². The first-order valence-corrected chi connectivity index (χ1v) is 10.3. The normalized spacial score (nSPS) is 28.0. The summed E-state index contributed by atoms with van der Waals surface area (Å²) in [5, 5.41) is 3.15. The number of ether oxygens (including phenoxy) is 1. The molecule has 2 atom stereocenters. The molecule has 0 spiro atoms. The fraction of sp³-hybridized carbons (Fsp3) is 0.682. The van der Waals surface area contributed by atoms with Gasteiger partial charge in [0.15, 0.2) is 0 Å². The van der Waals surface area contributed by atoms with Gasteiger partial charge in [-0.25, -0.2) is 0 Å². The second-order valence-electron chi connectivity index (χ2n) is 8.59. The number of benzene rings is 1. The van der Waals surface area contributed by atoms with E-state index in [9.17, 15) is 4.79 Å². The molecule has 3 N–H and O–H groups in total. The zero-order chi connectivity index (χ0) is 18.5. The van der Waals surface area contributed by atoms with Gasteiger partial charge in [-0.1, -0.05) is 32.4 Å². The molecule has 3 rings (SSSR count). The molecule has 2 fully saturated rings. The molecular formula is C22H34N2O2. The topological polar surface area (TPSA) is 64.3 Å². The van der Waals surface area contributed by atoms with E-state index in [1.54, 1.807) is 0 Å². The number of fused-ring (bicyclic) bond motifs is 2. The van der Waals surface area contributed by atoms with E-state index in [4.69, 9.17) is 10.5 Å². The molecule has 0 saturated heterocycles. The first kappa shape index (κ1) is 19.2. The van der Waals surface area contributed by atoms with E-state index < -0.39 is 0 Å². The van der Waals surface area contributed by atoms with Crippen molar-refractivity contribution in [1.29, 1.82) is 0 Å². The molecule has 0 heterocycles. The van der Waals surface area contributed by atoms with Gasteiger partial charge in [-0.3, -0.25) is 4.79 Å². The highest BCUT2D eigenvalue weighted by Gasteiger charge is 2.40. The van der Waals surface area contributed by atoms with E-state index in [-0.39, 0.29) is 11.8 Å². The molecule has 2 bridgehead atoms. The van der Waals surface area contributed by atoms with Crippen molar-refractivity contribution in [2.75, 3.05) is 13.2 Å². The number of hydrogen-bond acceptors (Lipinski definition) is 3. The second-order valence-corrected chi connectivity index (χ2v) is 8.59. The first-order chi connectivity index (χ1) is 12.5. The summed E-state index contributed by atoms with van der Waals surface area (Å²) in [5.74, 6) is 2.94. The molecule has 4 nitrogen and oxygen atoms in total. The summed E-state index contributed by atoms with van der Waals surface area (Å²) in [6, 6.07) is 8.54. The number of nitrogens with two attached hydrogens (primary N) is 1. The summed E-state index contributed by atoms with van der Waals surface area (Å²) in [6.07, 6.45) is 6.50. The SMILES string of the molecule is CC(C)COc1ccc(CCNC(=O)C2CC3CCCC(C2)C3N)cc1. The second kappa shape index (κ2) is 8.90. The number of rotatable bonds is 7. The van der Waals surface area contributed by atoms with Crippen LogP contribution in [0.1, 0.15) is 51.5 Å². The van der Waals surface area contributed by atoms with Crippen LogP contribution in [0.3, 0.4) is 0 Å². The van der Waals surface area contributed by atoms with Crippen LogP contribution in [0.4, 0.5) is 0 Å². The van der Waals surface area contributed by atoms with Crippen LogP contribution in [0.2, 0.25) is 0 Å². The molecule has 1 amide bonds. The number of carbonyl (C=O) groups is 1. The van der Waals surface area contributed by atoms with Crippen molar-refractivity contribution in [3.8, 4) is 5.75 Å². The lowest BCUT2D eigenvalue weighted by atomic mass is 9.65. The molecular weight excluding hydrogens is 324 g/mol. The van der Waals surface area contributed by atoms with Crippen LogP contribution in [0.15, 0.2) is 24.3 Å². The van der Waals surface area contributed by atoms with Gasteiger partial charge >= 0.3 is 0 Å². The summed E-state index contributed by atoms with van der Waals surface area (Å²) >= 11 is 0.